The van der Waals surface area contributed by atoms with Crippen molar-refractivity contribution >= 4 is 23.0 Å². The fourth-order valence-corrected chi connectivity index (χ4v) is 1.09. The van der Waals surface area contributed by atoms with Gasteiger partial charge in [-0.1, -0.05) is 0 Å². The molecule has 0 unspecified atom stereocenters. The number of benzene rings is 1. The number of anilines is 1. The van der Waals surface area contributed by atoms with Gasteiger partial charge in [-0.05, 0) is 30.4 Å². The van der Waals surface area contributed by atoms with Crippen LogP contribution in [0.1, 0.15) is 11.1 Å². The molecule has 0 spiro atoms. The molecule has 0 saturated carbocycles. The lowest BCUT2D eigenvalue weighted by Crippen LogP contribution is -2.18. The second kappa shape index (κ2) is 4.22. The molecule has 0 aromatic heterocycles. The van der Waals surface area contributed by atoms with Crippen LogP contribution in [-0.2, 0) is 0 Å². The Morgan fingerprint density at radius 3 is 2.07 bits per heavy atom. The van der Waals surface area contributed by atoms with Crippen molar-refractivity contribution in [3.05, 3.63) is 29.3 Å². The molecule has 0 fully saturated rings. The standard InChI is InChI=1S/C9H6N4S/c10-4-6-1-7(5-11)3-8(2-6)13-9(12)14/h1-3H,(H3,12,13,14). The number of hydrogen-bond acceptors (Lipinski definition) is 3. The summed E-state index contributed by atoms with van der Waals surface area (Å²) in [5.74, 6) is 0. The highest BCUT2D eigenvalue weighted by Gasteiger charge is 2.00. The highest BCUT2D eigenvalue weighted by Crippen LogP contribution is 2.13. The third-order valence-electron chi connectivity index (χ3n) is 1.46. The molecule has 4 nitrogen and oxygen atoms in total. The average Bonchev–Trinajstić information content (AvgIpc) is 2.16. The summed E-state index contributed by atoms with van der Waals surface area (Å²) in [6.07, 6.45) is 0. The van der Waals surface area contributed by atoms with Crippen LogP contribution >= 0.6 is 12.2 Å². The van der Waals surface area contributed by atoms with Gasteiger partial charge in [0.2, 0.25) is 0 Å². The quantitative estimate of drug-likeness (QED) is 0.666. The van der Waals surface area contributed by atoms with E-state index in [1.54, 1.807) is 12.1 Å². The number of thiocarbonyl (C=S) groups is 1. The lowest BCUT2D eigenvalue weighted by molar-refractivity contribution is 1.44. The SMILES string of the molecule is N#Cc1cc(C#N)cc(NC(N)=S)c1. The van der Waals surface area contributed by atoms with E-state index in [0.717, 1.165) is 0 Å². The third kappa shape index (κ3) is 2.44. The molecule has 0 heterocycles. The molecule has 0 saturated heterocycles. The van der Waals surface area contributed by atoms with Crippen molar-refractivity contribution in [3.8, 4) is 12.1 Å². The first-order valence-electron chi connectivity index (χ1n) is 3.67. The second-order valence-corrected chi connectivity index (χ2v) is 2.95. The molecule has 68 valence electrons. The Kier molecular flexibility index (Phi) is 3.01. The molecule has 1 aromatic rings. The number of rotatable bonds is 1. The second-order valence-electron chi connectivity index (χ2n) is 2.51. The van der Waals surface area contributed by atoms with Crippen LogP contribution in [0.3, 0.4) is 0 Å². The molecule has 0 amide bonds. The predicted octanol–water partition coefficient (Wildman–Crippen LogP) is 1.09. The fourth-order valence-electron chi connectivity index (χ4n) is 0.971. The van der Waals surface area contributed by atoms with E-state index >= 15 is 0 Å². The van der Waals surface area contributed by atoms with Gasteiger partial charge >= 0.3 is 0 Å². The molecule has 1 aromatic carbocycles. The molecular formula is C9H6N4S. The van der Waals surface area contributed by atoms with Crippen molar-refractivity contribution in [2.45, 2.75) is 0 Å². The Labute approximate surface area is 86.6 Å². The van der Waals surface area contributed by atoms with Crippen LogP contribution < -0.4 is 11.1 Å². The highest BCUT2D eigenvalue weighted by atomic mass is 32.1. The number of hydrogen-bond donors (Lipinski definition) is 2. The number of nitrogens with zero attached hydrogens (tertiary/aromatic N) is 2. The number of nitriles is 2. The van der Waals surface area contributed by atoms with Gasteiger partial charge in [-0.2, -0.15) is 10.5 Å². The zero-order valence-electron chi connectivity index (χ0n) is 7.11. The molecule has 14 heavy (non-hydrogen) atoms. The number of nitrogens with two attached hydrogens (primary N) is 1. The molecule has 3 N–H and O–H groups in total. The molecule has 0 aliphatic carbocycles. The first-order valence-corrected chi connectivity index (χ1v) is 4.08. The van der Waals surface area contributed by atoms with Gasteiger partial charge < -0.3 is 11.1 Å². The van der Waals surface area contributed by atoms with Crippen molar-refractivity contribution in [2.24, 2.45) is 5.73 Å². The van der Waals surface area contributed by atoms with E-state index in [1.165, 1.54) is 6.07 Å². The van der Waals surface area contributed by atoms with E-state index < -0.39 is 0 Å². The van der Waals surface area contributed by atoms with Gasteiger partial charge in [0, 0.05) is 5.69 Å². The Balaban J connectivity index is 3.14. The van der Waals surface area contributed by atoms with Crippen LogP contribution in [0, 0.1) is 22.7 Å². The first-order chi connectivity index (χ1) is 6.65. The maximum atomic E-state index is 8.66. The fraction of sp³-hybridized carbons (Fsp3) is 0. The summed E-state index contributed by atoms with van der Waals surface area (Å²) in [5.41, 5.74) is 6.59. The summed E-state index contributed by atoms with van der Waals surface area (Å²) in [4.78, 5) is 0. The molecule has 0 aliphatic rings. The maximum absolute atomic E-state index is 8.66. The van der Waals surface area contributed by atoms with Gasteiger partial charge in [-0.15, -0.1) is 0 Å². The van der Waals surface area contributed by atoms with Gasteiger partial charge in [-0.3, -0.25) is 0 Å². The van der Waals surface area contributed by atoms with Crippen LogP contribution in [0.25, 0.3) is 0 Å². The van der Waals surface area contributed by atoms with E-state index in [9.17, 15) is 0 Å². The van der Waals surface area contributed by atoms with Gasteiger partial charge in [0.1, 0.15) is 0 Å². The monoisotopic (exact) mass is 202 g/mol. The molecule has 1 rings (SSSR count). The minimum atomic E-state index is 0.101. The minimum Gasteiger partial charge on any atom is -0.376 e. The van der Waals surface area contributed by atoms with Crippen LogP contribution in [-0.4, -0.2) is 5.11 Å². The van der Waals surface area contributed by atoms with Crippen molar-refractivity contribution in [3.63, 3.8) is 0 Å². The van der Waals surface area contributed by atoms with Gasteiger partial charge in [0.25, 0.3) is 0 Å². The van der Waals surface area contributed by atoms with Crippen LogP contribution in [0.15, 0.2) is 18.2 Å². The Morgan fingerprint density at radius 2 is 1.71 bits per heavy atom. The van der Waals surface area contributed by atoms with E-state index in [1.807, 2.05) is 12.1 Å². The lowest BCUT2D eigenvalue weighted by atomic mass is 10.1. The summed E-state index contributed by atoms with van der Waals surface area (Å²) in [6.45, 7) is 0. The molecule has 5 heteroatoms. The van der Waals surface area contributed by atoms with Crippen molar-refractivity contribution in [1.82, 2.24) is 0 Å². The van der Waals surface area contributed by atoms with Crippen molar-refractivity contribution < 1.29 is 0 Å². The summed E-state index contributed by atoms with van der Waals surface area (Å²) in [7, 11) is 0. The Hall–Kier alpha value is -2.11. The lowest BCUT2D eigenvalue weighted by Gasteiger charge is -2.03. The molecular weight excluding hydrogens is 196 g/mol. The topological polar surface area (TPSA) is 85.6 Å². The van der Waals surface area contributed by atoms with Crippen molar-refractivity contribution in [1.29, 1.82) is 10.5 Å². The van der Waals surface area contributed by atoms with Gasteiger partial charge in [-0.25, -0.2) is 0 Å². The highest BCUT2D eigenvalue weighted by molar-refractivity contribution is 7.80. The molecule has 0 radical (unpaired) electrons. The first kappa shape index (κ1) is 9.97. The Bertz CT molecular complexity index is 421. The Morgan fingerprint density at radius 1 is 1.21 bits per heavy atom. The summed E-state index contributed by atoms with van der Waals surface area (Å²) >= 11 is 4.64. The summed E-state index contributed by atoms with van der Waals surface area (Å²) in [5, 5.41) is 20.1. The maximum Gasteiger partial charge on any atom is 0.168 e. The van der Waals surface area contributed by atoms with E-state index in [2.05, 4.69) is 17.5 Å². The summed E-state index contributed by atoms with van der Waals surface area (Å²) < 4.78 is 0. The zero-order valence-corrected chi connectivity index (χ0v) is 7.93. The van der Waals surface area contributed by atoms with Crippen LogP contribution in [0.2, 0.25) is 0 Å². The van der Waals surface area contributed by atoms with Crippen molar-refractivity contribution in [2.75, 3.05) is 5.32 Å². The van der Waals surface area contributed by atoms with E-state index in [-0.39, 0.29) is 5.11 Å². The molecule has 0 bridgehead atoms. The predicted molar refractivity (Wildman–Crippen MR) is 56.3 cm³/mol. The number of nitrogens with one attached hydrogen (secondary N) is 1. The third-order valence-corrected chi connectivity index (χ3v) is 1.56. The summed E-state index contributed by atoms with van der Waals surface area (Å²) in [6, 6.07) is 8.51. The molecule has 0 aliphatic heterocycles. The van der Waals surface area contributed by atoms with Gasteiger partial charge in [0.05, 0.1) is 23.3 Å². The van der Waals surface area contributed by atoms with Crippen LogP contribution in [0.5, 0.6) is 0 Å². The van der Waals surface area contributed by atoms with Gasteiger partial charge in [0.15, 0.2) is 5.11 Å². The normalized spacial score (nSPS) is 8.43. The average molecular weight is 202 g/mol. The molecule has 0 atom stereocenters. The largest absolute Gasteiger partial charge is 0.376 e. The smallest absolute Gasteiger partial charge is 0.168 e. The zero-order chi connectivity index (χ0) is 10.6. The minimum absolute atomic E-state index is 0.101. The van der Waals surface area contributed by atoms with Crippen LogP contribution in [0.4, 0.5) is 5.69 Å². The van der Waals surface area contributed by atoms with E-state index in [4.69, 9.17) is 16.3 Å². The van der Waals surface area contributed by atoms with E-state index in [0.29, 0.717) is 16.8 Å².